The van der Waals surface area contributed by atoms with Gasteiger partial charge in [0.25, 0.3) is 0 Å². The second-order valence-electron chi connectivity index (χ2n) is 16.6. The van der Waals surface area contributed by atoms with Gasteiger partial charge in [-0.3, -0.25) is 0 Å². The number of aromatic amines is 4. The summed E-state index contributed by atoms with van der Waals surface area (Å²) >= 11 is 0. The molecule has 0 saturated carbocycles. The van der Waals surface area contributed by atoms with Gasteiger partial charge in [0.2, 0.25) is 0 Å². The first-order valence-electron chi connectivity index (χ1n) is 22.0. The van der Waals surface area contributed by atoms with E-state index in [-0.39, 0.29) is 0 Å². The van der Waals surface area contributed by atoms with Crippen LogP contribution in [0, 0.1) is 0 Å². The number of anilines is 3. The third-order valence-corrected chi connectivity index (χ3v) is 12.9. The van der Waals surface area contributed by atoms with E-state index in [9.17, 15) is 0 Å². The number of rotatable bonds is 9. The first-order valence-corrected chi connectivity index (χ1v) is 22.0. The van der Waals surface area contributed by atoms with Crippen molar-refractivity contribution >= 4 is 60.7 Å². The average molecular weight is 836 g/mol. The van der Waals surface area contributed by atoms with Crippen LogP contribution >= 0.6 is 0 Å². The van der Waals surface area contributed by atoms with Gasteiger partial charge in [0, 0.05) is 97.5 Å². The Morgan fingerprint density at radius 1 is 0.277 bits per heavy atom. The number of fused-ring (bicyclic) bond motifs is 6. The van der Waals surface area contributed by atoms with Crippen LogP contribution in [-0.2, 0) is 0 Å². The number of benzene rings is 7. The molecule has 0 bridgehead atoms. The quantitative estimate of drug-likeness (QED) is 0.115. The molecule has 7 aromatic carbocycles. The largest absolute Gasteiger partial charge is 0.361 e. The highest BCUT2D eigenvalue weighted by Crippen LogP contribution is 2.41. The van der Waals surface area contributed by atoms with Crippen LogP contribution in [0.3, 0.4) is 0 Å². The zero-order valence-corrected chi connectivity index (χ0v) is 35.2. The lowest BCUT2D eigenvalue weighted by Crippen LogP contribution is -2.10. The summed E-state index contributed by atoms with van der Waals surface area (Å²) in [6, 6.07) is 72.4. The molecule has 0 aliphatic heterocycles. The molecule has 0 spiro atoms. The molecule has 7 heteroatoms. The normalized spacial score (nSPS) is 11.7. The summed E-state index contributed by atoms with van der Waals surface area (Å²) in [5, 5.41) is 4.84. The summed E-state index contributed by atoms with van der Waals surface area (Å²) in [6.07, 6.45) is 7.92. The van der Waals surface area contributed by atoms with Crippen molar-refractivity contribution < 1.29 is 0 Å². The number of aromatic nitrogens is 6. The maximum absolute atomic E-state index is 3.40. The highest BCUT2D eigenvalue weighted by molar-refractivity contribution is 6.13. The topological polar surface area (TPSA) is 76.3 Å². The molecule has 0 amide bonds. The molecule has 0 atom stereocenters. The lowest BCUT2D eigenvalue weighted by atomic mass is 10.0. The Bertz CT molecular complexity index is 3360. The van der Waals surface area contributed by atoms with Crippen LogP contribution in [0.2, 0.25) is 0 Å². The van der Waals surface area contributed by atoms with Gasteiger partial charge in [0.05, 0.1) is 22.1 Å². The van der Waals surface area contributed by atoms with Crippen LogP contribution in [-0.4, -0.2) is 29.1 Å². The highest BCUT2D eigenvalue weighted by Gasteiger charge is 2.19. The Labute approximate surface area is 374 Å². The van der Waals surface area contributed by atoms with Crippen LogP contribution in [0.25, 0.3) is 100 Å². The minimum absolute atomic E-state index is 1.07. The minimum atomic E-state index is 1.07. The lowest BCUT2D eigenvalue weighted by Gasteiger charge is -2.26. The van der Waals surface area contributed by atoms with Gasteiger partial charge in [0.1, 0.15) is 0 Å². The molecular weight excluding hydrogens is 795 g/mol. The van der Waals surface area contributed by atoms with Crippen molar-refractivity contribution in [1.29, 1.82) is 0 Å². The number of hydrogen-bond donors (Lipinski definition) is 4. The highest BCUT2D eigenvalue weighted by atomic mass is 15.1. The van der Waals surface area contributed by atoms with Gasteiger partial charge in [-0.05, 0) is 180 Å². The van der Waals surface area contributed by atoms with E-state index in [1.807, 2.05) is 49.1 Å². The standard InChI is InChI=1S/C58H41N7/c1-2-8-42(9-3-1)63(43-18-22-45(23-19-43)64-55-26-14-38(51-10-4-30-59-51)34-47(55)48-35-39(15-27-56(48)64)52-11-5-31-60-52)44-20-24-46(25-21-44)65-57-28-16-40(53-12-6-32-61-53)36-49(57)50-37-41(17-29-58(50)65)54-13-7-33-62-54/h1-37,59-62H. The van der Waals surface area contributed by atoms with E-state index >= 15 is 0 Å². The van der Waals surface area contributed by atoms with Crippen LogP contribution in [0.1, 0.15) is 0 Å². The lowest BCUT2D eigenvalue weighted by molar-refractivity contribution is 1.17. The van der Waals surface area contributed by atoms with Crippen LogP contribution in [0.15, 0.2) is 225 Å². The second kappa shape index (κ2) is 14.9. The molecule has 0 radical (unpaired) electrons. The third-order valence-electron chi connectivity index (χ3n) is 12.9. The van der Waals surface area contributed by atoms with Crippen molar-refractivity contribution in [2.24, 2.45) is 0 Å². The second-order valence-corrected chi connectivity index (χ2v) is 16.6. The van der Waals surface area contributed by atoms with E-state index in [4.69, 9.17) is 0 Å². The van der Waals surface area contributed by atoms with Crippen LogP contribution in [0.4, 0.5) is 17.1 Å². The zero-order chi connectivity index (χ0) is 42.8. The van der Waals surface area contributed by atoms with Crippen molar-refractivity contribution in [3.63, 3.8) is 0 Å². The SMILES string of the molecule is c1ccc(N(c2ccc(-n3c4ccc(-c5ccc[nH]5)cc4c4cc(-c5ccc[nH]5)ccc43)cc2)c2ccc(-n3c4ccc(-c5ccc[nH]5)cc4c4cc(-c5ccc[nH]5)ccc43)cc2)cc1. The summed E-state index contributed by atoms with van der Waals surface area (Å²) in [4.78, 5) is 15.9. The van der Waals surface area contributed by atoms with Gasteiger partial charge in [-0.1, -0.05) is 42.5 Å². The van der Waals surface area contributed by atoms with Gasteiger partial charge >= 0.3 is 0 Å². The summed E-state index contributed by atoms with van der Waals surface area (Å²) in [7, 11) is 0. The van der Waals surface area contributed by atoms with Crippen molar-refractivity contribution in [2.75, 3.05) is 4.90 Å². The molecule has 65 heavy (non-hydrogen) atoms. The molecule has 0 unspecified atom stereocenters. The van der Waals surface area contributed by atoms with Gasteiger partial charge in [-0.15, -0.1) is 0 Å². The van der Waals surface area contributed by atoms with Crippen LogP contribution < -0.4 is 4.90 Å². The van der Waals surface area contributed by atoms with Crippen molar-refractivity contribution in [2.45, 2.75) is 0 Å². The molecule has 0 aliphatic rings. The molecule has 7 nitrogen and oxygen atoms in total. The molecule has 13 aromatic rings. The Morgan fingerprint density at radius 3 is 0.877 bits per heavy atom. The number of hydrogen-bond acceptors (Lipinski definition) is 1. The monoisotopic (exact) mass is 835 g/mol. The van der Waals surface area contributed by atoms with Gasteiger partial charge in [-0.2, -0.15) is 0 Å². The molecule has 4 N–H and O–H groups in total. The molecule has 308 valence electrons. The van der Waals surface area contributed by atoms with Gasteiger partial charge in [0.15, 0.2) is 0 Å². The van der Waals surface area contributed by atoms with Crippen molar-refractivity contribution in [3.05, 3.63) is 225 Å². The predicted molar refractivity (Wildman–Crippen MR) is 269 cm³/mol. The summed E-state index contributed by atoms with van der Waals surface area (Å²) in [5.74, 6) is 0. The Hall–Kier alpha value is -8.94. The number of para-hydroxylation sites is 1. The first-order chi connectivity index (χ1) is 32.2. The number of nitrogens with one attached hydrogen (secondary N) is 4. The molecule has 6 aromatic heterocycles. The number of H-pyrrole nitrogens is 4. The Balaban J connectivity index is 0.907. The van der Waals surface area contributed by atoms with Gasteiger partial charge < -0.3 is 34.0 Å². The van der Waals surface area contributed by atoms with Crippen LogP contribution in [0.5, 0.6) is 0 Å². The summed E-state index contributed by atoms with van der Waals surface area (Å²) in [5.41, 5.74) is 19.1. The predicted octanol–water partition coefficient (Wildman–Crippen LogP) is 15.3. The van der Waals surface area contributed by atoms with Crippen molar-refractivity contribution in [3.8, 4) is 56.4 Å². The van der Waals surface area contributed by atoms with E-state index in [1.54, 1.807) is 0 Å². The smallest absolute Gasteiger partial charge is 0.0541 e. The van der Waals surface area contributed by atoms with E-state index in [0.717, 1.165) is 95.5 Å². The summed E-state index contributed by atoms with van der Waals surface area (Å²) in [6.45, 7) is 0. The molecule has 0 aliphatic carbocycles. The fourth-order valence-electron chi connectivity index (χ4n) is 9.84. The molecule has 0 fully saturated rings. The number of nitrogens with zero attached hydrogens (tertiary/aromatic N) is 3. The van der Waals surface area contributed by atoms with E-state index < -0.39 is 0 Å². The molecular formula is C58H41N7. The Kier molecular flexibility index (Phi) is 8.39. The first kappa shape index (κ1) is 36.7. The van der Waals surface area contributed by atoms with Gasteiger partial charge in [-0.25, -0.2) is 0 Å². The summed E-state index contributed by atoms with van der Waals surface area (Å²) < 4.78 is 4.78. The van der Waals surface area contributed by atoms with Crippen molar-refractivity contribution in [1.82, 2.24) is 29.1 Å². The molecule has 6 heterocycles. The van der Waals surface area contributed by atoms with E-state index in [1.165, 1.54) is 21.5 Å². The average Bonchev–Trinajstić information content (AvgIpc) is 4.23. The molecule has 0 saturated heterocycles. The fraction of sp³-hybridized carbons (Fsp3) is 0. The fourth-order valence-corrected chi connectivity index (χ4v) is 9.84. The Morgan fingerprint density at radius 2 is 0.585 bits per heavy atom. The van der Waals surface area contributed by atoms with E-state index in [0.29, 0.717) is 0 Å². The van der Waals surface area contributed by atoms with E-state index in [2.05, 4.69) is 210 Å². The minimum Gasteiger partial charge on any atom is -0.361 e. The molecule has 13 rings (SSSR count). The maximum Gasteiger partial charge on any atom is 0.0541 e. The third kappa shape index (κ3) is 6.13. The zero-order valence-electron chi connectivity index (χ0n) is 35.2. The maximum atomic E-state index is 3.40.